The van der Waals surface area contributed by atoms with Gasteiger partial charge in [-0.05, 0) is 41.8 Å². The average Bonchev–Trinajstić information content (AvgIpc) is 3.13. The molecular formula is C21H21F2N3O3S. The van der Waals surface area contributed by atoms with Crippen molar-refractivity contribution in [3.05, 3.63) is 62.1 Å². The van der Waals surface area contributed by atoms with E-state index in [-0.39, 0.29) is 22.8 Å². The summed E-state index contributed by atoms with van der Waals surface area (Å²) in [6.07, 6.45) is 1.04. The van der Waals surface area contributed by atoms with Gasteiger partial charge in [0.05, 0.1) is 11.2 Å². The summed E-state index contributed by atoms with van der Waals surface area (Å²) in [6, 6.07) is 4.12. The van der Waals surface area contributed by atoms with E-state index in [2.05, 4.69) is 13.8 Å². The summed E-state index contributed by atoms with van der Waals surface area (Å²) in [7, 11) is 0. The normalized spacial score (nSPS) is 19.4. The van der Waals surface area contributed by atoms with Gasteiger partial charge in [0.1, 0.15) is 22.9 Å². The molecule has 30 heavy (non-hydrogen) atoms. The number of thiophene rings is 1. The fourth-order valence-electron chi connectivity index (χ4n) is 4.24. The van der Waals surface area contributed by atoms with Crippen LogP contribution in [-0.4, -0.2) is 33.0 Å². The number of fused-ring (bicyclic) bond motifs is 1. The number of aromatic nitrogens is 2. The molecule has 1 aliphatic rings. The highest BCUT2D eigenvalue weighted by Gasteiger charge is 2.27. The van der Waals surface area contributed by atoms with E-state index in [1.165, 1.54) is 4.57 Å². The van der Waals surface area contributed by atoms with Crippen molar-refractivity contribution in [1.82, 2.24) is 14.0 Å². The third-order valence-electron chi connectivity index (χ3n) is 5.38. The smallest absolute Gasteiger partial charge is 0.336 e. The van der Waals surface area contributed by atoms with Crippen LogP contribution in [0.15, 0.2) is 39.2 Å². The molecule has 9 heteroatoms. The van der Waals surface area contributed by atoms with E-state index in [4.69, 9.17) is 0 Å². The fraction of sp³-hybridized carbons (Fsp3) is 0.381. The van der Waals surface area contributed by atoms with Gasteiger partial charge in [0, 0.05) is 19.2 Å². The van der Waals surface area contributed by atoms with E-state index in [0.29, 0.717) is 36.5 Å². The Balaban J connectivity index is 1.82. The molecule has 2 atom stereocenters. The largest absolute Gasteiger partial charge is 0.341 e. The van der Waals surface area contributed by atoms with Crippen LogP contribution in [-0.2, 0) is 11.3 Å². The van der Waals surface area contributed by atoms with Crippen molar-refractivity contribution in [1.29, 1.82) is 0 Å². The molecule has 1 amide bonds. The molecule has 4 rings (SSSR count). The van der Waals surface area contributed by atoms with E-state index in [9.17, 15) is 23.2 Å². The van der Waals surface area contributed by atoms with Gasteiger partial charge in [0.25, 0.3) is 5.56 Å². The third-order valence-corrected chi connectivity index (χ3v) is 6.27. The Morgan fingerprint density at radius 2 is 1.73 bits per heavy atom. The Hall–Kier alpha value is -2.81. The van der Waals surface area contributed by atoms with Gasteiger partial charge in [-0.1, -0.05) is 13.8 Å². The van der Waals surface area contributed by atoms with E-state index in [0.717, 1.165) is 34.5 Å². The second kappa shape index (κ2) is 7.79. The molecule has 6 nitrogen and oxygen atoms in total. The number of hydrogen-bond acceptors (Lipinski definition) is 4. The molecular weight excluding hydrogens is 412 g/mol. The zero-order valence-electron chi connectivity index (χ0n) is 16.6. The molecule has 0 spiro atoms. The maximum Gasteiger partial charge on any atom is 0.336 e. The van der Waals surface area contributed by atoms with Crippen LogP contribution in [0.5, 0.6) is 0 Å². The lowest BCUT2D eigenvalue weighted by Gasteiger charge is -2.35. The molecule has 1 fully saturated rings. The van der Waals surface area contributed by atoms with E-state index in [1.807, 2.05) is 0 Å². The molecule has 0 aliphatic carbocycles. The molecule has 1 saturated heterocycles. The van der Waals surface area contributed by atoms with Crippen LogP contribution >= 0.6 is 11.3 Å². The van der Waals surface area contributed by atoms with Crippen LogP contribution < -0.4 is 11.2 Å². The lowest BCUT2D eigenvalue weighted by atomic mass is 9.92. The Bertz CT molecular complexity index is 1220. The Morgan fingerprint density at radius 3 is 2.37 bits per heavy atom. The van der Waals surface area contributed by atoms with Crippen molar-refractivity contribution in [3.8, 4) is 5.69 Å². The van der Waals surface area contributed by atoms with E-state index >= 15 is 0 Å². The van der Waals surface area contributed by atoms with Gasteiger partial charge in [-0.15, -0.1) is 11.3 Å². The van der Waals surface area contributed by atoms with Crippen molar-refractivity contribution in [2.75, 3.05) is 13.1 Å². The molecule has 1 aromatic carbocycles. The first kappa shape index (κ1) is 20.5. The van der Waals surface area contributed by atoms with Crippen LogP contribution in [0, 0.1) is 23.5 Å². The summed E-state index contributed by atoms with van der Waals surface area (Å²) in [5.41, 5.74) is -1.34. The maximum absolute atomic E-state index is 13.7. The van der Waals surface area contributed by atoms with Crippen LogP contribution in [0.4, 0.5) is 8.78 Å². The molecule has 0 N–H and O–H groups in total. The van der Waals surface area contributed by atoms with Crippen LogP contribution in [0.2, 0.25) is 0 Å². The van der Waals surface area contributed by atoms with Gasteiger partial charge in [-0.3, -0.25) is 14.2 Å². The summed E-state index contributed by atoms with van der Waals surface area (Å²) in [6.45, 7) is 5.14. The highest BCUT2D eigenvalue weighted by Crippen LogP contribution is 2.22. The summed E-state index contributed by atoms with van der Waals surface area (Å²) in [5, 5.41) is 1.65. The van der Waals surface area contributed by atoms with E-state index in [1.54, 1.807) is 16.3 Å². The SMILES string of the molecule is CC1CC(C)CN(C(=O)Cn2c(=O)n(-c3cc(F)cc(F)c3)c(=O)c3sccc32)C1. The number of amides is 1. The number of hydrogen-bond donors (Lipinski definition) is 0. The van der Waals surface area contributed by atoms with Crippen LogP contribution in [0.3, 0.4) is 0 Å². The summed E-state index contributed by atoms with van der Waals surface area (Å²) in [4.78, 5) is 40.8. The summed E-state index contributed by atoms with van der Waals surface area (Å²) >= 11 is 1.11. The average molecular weight is 433 g/mol. The molecule has 158 valence electrons. The minimum absolute atomic E-state index is 0.209. The van der Waals surface area contributed by atoms with Crippen molar-refractivity contribution in [2.24, 2.45) is 11.8 Å². The number of halogens is 2. The van der Waals surface area contributed by atoms with Crippen molar-refractivity contribution in [3.63, 3.8) is 0 Å². The van der Waals surface area contributed by atoms with Crippen molar-refractivity contribution >= 4 is 27.5 Å². The standard InChI is InChI=1S/C21H21F2N3O3S/c1-12-5-13(2)10-24(9-12)18(27)11-25-17-3-4-30-19(17)20(28)26(21(25)29)16-7-14(22)6-15(23)8-16/h3-4,6-8,12-13H,5,9-11H2,1-2H3. The maximum atomic E-state index is 13.7. The topological polar surface area (TPSA) is 64.3 Å². The predicted molar refractivity (Wildman–Crippen MR) is 111 cm³/mol. The number of carbonyl (C=O) groups is 1. The molecule has 0 radical (unpaired) electrons. The minimum Gasteiger partial charge on any atom is -0.341 e. The number of piperidine rings is 1. The predicted octanol–water partition coefficient (Wildman–Crippen LogP) is 3.00. The zero-order chi connectivity index (χ0) is 21.6. The fourth-order valence-corrected chi connectivity index (χ4v) is 5.06. The van der Waals surface area contributed by atoms with Crippen molar-refractivity contribution < 1.29 is 13.6 Å². The molecule has 0 saturated carbocycles. The number of likely N-dealkylation sites (tertiary alicyclic amines) is 1. The quantitative estimate of drug-likeness (QED) is 0.638. The molecule has 2 unspecified atom stereocenters. The van der Waals surface area contributed by atoms with Crippen molar-refractivity contribution in [2.45, 2.75) is 26.8 Å². The van der Waals surface area contributed by atoms with Crippen LogP contribution in [0.1, 0.15) is 20.3 Å². The molecule has 3 aromatic rings. The Morgan fingerprint density at radius 1 is 1.10 bits per heavy atom. The summed E-state index contributed by atoms with van der Waals surface area (Å²) < 4.78 is 29.6. The highest BCUT2D eigenvalue weighted by atomic mass is 32.1. The number of nitrogens with zero attached hydrogens (tertiary/aromatic N) is 3. The van der Waals surface area contributed by atoms with Crippen LogP contribution in [0.25, 0.3) is 15.9 Å². The first-order chi connectivity index (χ1) is 14.2. The number of rotatable bonds is 3. The first-order valence-electron chi connectivity index (χ1n) is 9.72. The Kier molecular flexibility index (Phi) is 5.31. The highest BCUT2D eigenvalue weighted by molar-refractivity contribution is 7.17. The lowest BCUT2D eigenvalue weighted by Crippen LogP contribution is -2.46. The minimum atomic E-state index is -0.901. The van der Waals surface area contributed by atoms with Gasteiger partial charge in [-0.2, -0.15) is 0 Å². The zero-order valence-corrected chi connectivity index (χ0v) is 17.4. The Labute approximate surface area is 175 Å². The van der Waals surface area contributed by atoms with Gasteiger partial charge in [-0.25, -0.2) is 18.1 Å². The summed E-state index contributed by atoms with van der Waals surface area (Å²) in [5.74, 6) is -1.30. The third kappa shape index (κ3) is 3.69. The second-order valence-electron chi connectivity index (χ2n) is 8.02. The van der Waals surface area contributed by atoms with Gasteiger partial charge in [0.15, 0.2) is 0 Å². The molecule has 0 bridgehead atoms. The van der Waals surface area contributed by atoms with Gasteiger partial charge >= 0.3 is 5.69 Å². The molecule has 2 aromatic heterocycles. The number of benzene rings is 1. The van der Waals surface area contributed by atoms with Gasteiger partial charge in [0.2, 0.25) is 5.91 Å². The monoisotopic (exact) mass is 433 g/mol. The second-order valence-corrected chi connectivity index (χ2v) is 8.93. The van der Waals surface area contributed by atoms with Gasteiger partial charge < -0.3 is 4.90 Å². The molecule has 1 aliphatic heterocycles. The first-order valence-corrected chi connectivity index (χ1v) is 10.6. The number of carbonyl (C=O) groups excluding carboxylic acids is 1. The molecule has 3 heterocycles. The van der Waals surface area contributed by atoms with E-state index < -0.39 is 22.9 Å². The lowest BCUT2D eigenvalue weighted by molar-refractivity contribution is -0.134.